The summed E-state index contributed by atoms with van der Waals surface area (Å²) in [6.45, 7) is 5.84. The van der Waals surface area contributed by atoms with E-state index in [9.17, 15) is 22.4 Å². The van der Waals surface area contributed by atoms with Crippen LogP contribution in [0.25, 0.3) is 0 Å². The van der Waals surface area contributed by atoms with Gasteiger partial charge in [0.05, 0.1) is 18.4 Å². The number of benzene rings is 2. The number of hydrogen-bond acceptors (Lipinski definition) is 3. The van der Waals surface area contributed by atoms with Gasteiger partial charge in [-0.3, -0.25) is 9.69 Å². The number of carbonyl (C=O) groups excluding carboxylic acids is 1. The molecule has 186 valence electrons. The molecular weight excluding hydrogens is 460 g/mol. The molecule has 2 atom stereocenters. The van der Waals surface area contributed by atoms with E-state index in [-0.39, 0.29) is 23.8 Å². The van der Waals surface area contributed by atoms with Gasteiger partial charge in [-0.15, -0.1) is 0 Å². The third kappa shape index (κ3) is 5.93. The third-order valence-corrected chi connectivity index (χ3v) is 6.52. The molecule has 0 unspecified atom stereocenters. The van der Waals surface area contributed by atoms with Gasteiger partial charge in [0.1, 0.15) is 11.6 Å². The highest BCUT2D eigenvalue weighted by Gasteiger charge is 2.38. The second-order valence-corrected chi connectivity index (χ2v) is 9.32. The SMILES string of the molecule is CC(C)N(C[C@H]1CN(Cc2ccco2)C[C@H]1c1cccc(C(F)(F)F)c1)C(=O)c1ccc(F)cc1. The summed E-state index contributed by atoms with van der Waals surface area (Å²) < 4.78 is 59.1. The number of carbonyl (C=O) groups is 1. The molecule has 0 bridgehead atoms. The molecule has 4 rings (SSSR count). The standard InChI is InChI=1S/C27H28F4N2O2/c1-18(2)33(26(34)19-8-10-23(28)11-9-19)15-21-14-32(16-24-7-4-12-35-24)17-25(21)20-5-3-6-22(13-20)27(29,30)31/h3-13,18,21,25H,14-17H2,1-2H3/t21-,25+/m1/s1. The van der Waals surface area contributed by atoms with Gasteiger partial charge in [-0.1, -0.05) is 18.2 Å². The number of rotatable bonds is 7. The molecule has 0 radical (unpaired) electrons. The van der Waals surface area contributed by atoms with E-state index in [4.69, 9.17) is 4.42 Å². The zero-order chi connectivity index (χ0) is 25.2. The second-order valence-electron chi connectivity index (χ2n) is 9.32. The molecule has 2 aromatic carbocycles. The van der Waals surface area contributed by atoms with Crippen molar-refractivity contribution in [2.45, 2.75) is 38.5 Å². The Morgan fingerprint density at radius 2 is 1.83 bits per heavy atom. The van der Waals surface area contributed by atoms with E-state index in [1.807, 2.05) is 19.9 Å². The maximum absolute atomic E-state index is 13.4. The molecule has 0 spiro atoms. The van der Waals surface area contributed by atoms with Crippen LogP contribution in [0, 0.1) is 11.7 Å². The number of likely N-dealkylation sites (tertiary alicyclic amines) is 1. The maximum atomic E-state index is 13.4. The van der Waals surface area contributed by atoms with Crippen molar-refractivity contribution in [2.24, 2.45) is 5.92 Å². The van der Waals surface area contributed by atoms with Crippen molar-refractivity contribution in [1.29, 1.82) is 0 Å². The second kappa shape index (κ2) is 10.2. The Balaban J connectivity index is 1.61. The number of hydrogen-bond donors (Lipinski definition) is 0. The Morgan fingerprint density at radius 3 is 2.46 bits per heavy atom. The number of nitrogens with zero attached hydrogens (tertiary/aromatic N) is 2. The molecule has 1 aliphatic heterocycles. The first kappa shape index (κ1) is 25.0. The molecule has 1 aromatic heterocycles. The number of amides is 1. The van der Waals surface area contributed by atoms with Gasteiger partial charge in [-0.25, -0.2) is 4.39 Å². The summed E-state index contributed by atoms with van der Waals surface area (Å²) in [6, 6.07) is 14.4. The minimum Gasteiger partial charge on any atom is -0.468 e. The molecule has 1 aliphatic rings. The van der Waals surface area contributed by atoms with Crippen molar-refractivity contribution < 1.29 is 26.8 Å². The van der Waals surface area contributed by atoms with E-state index in [2.05, 4.69) is 4.90 Å². The minimum atomic E-state index is -4.43. The zero-order valence-electron chi connectivity index (χ0n) is 19.6. The van der Waals surface area contributed by atoms with Crippen LogP contribution in [0.3, 0.4) is 0 Å². The van der Waals surface area contributed by atoms with Crippen molar-refractivity contribution in [3.8, 4) is 0 Å². The Kier molecular flexibility index (Phi) is 7.31. The highest BCUT2D eigenvalue weighted by Crippen LogP contribution is 2.37. The summed E-state index contributed by atoms with van der Waals surface area (Å²) in [4.78, 5) is 17.1. The average Bonchev–Trinajstić information content (AvgIpc) is 3.47. The molecular formula is C27H28F4N2O2. The van der Waals surface area contributed by atoms with Gasteiger partial charge in [0.25, 0.3) is 5.91 Å². The van der Waals surface area contributed by atoms with E-state index in [1.165, 1.54) is 36.4 Å². The largest absolute Gasteiger partial charge is 0.468 e. The third-order valence-electron chi connectivity index (χ3n) is 6.52. The lowest BCUT2D eigenvalue weighted by Gasteiger charge is -2.32. The average molecular weight is 489 g/mol. The first-order valence-electron chi connectivity index (χ1n) is 11.6. The fraction of sp³-hybridized carbons (Fsp3) is 0.370. The molecule has 4 nitrogen and oxygen atoms in total. The van der Waals surface area contributed by atoms with Gasteiger partial charge < -0.3 is 9.32 Å². The van der Waals surface area contributed by atoms with Crippen LogP contribution in [0.5, 0.6) is 0 Å². The van der Waals surface area contributed by atoms with Crippen LogP contribution in [0.15, 0.2) is 71.3 Å². The molecule has 8 heteroatoms. The molecule has 1 fully saturated rings. The Morgan fingerprint density at radius 1 is 1.09 bits per heavy atom. The van der Waals surface area contributed by atoms with Crippen LogP contribution in [0.2, 0.25) is 0 Å². The van der Waals surface area contributed by atoms with E-state index < -0.39 is 17.6 Å². The van der Waals surface area contributed by atoms with Crippen molar-refractivity contribution >= 4 is 5.91 Å². The highest BCUT2D eigenvalue weighted by atomic mass is 19.4. The quantitative estimate of drug-likeness (QED) is 0.372. The van der Waals surface area contributed by atoms with Gasteiger partial charge in [-0.05, 0) is 67.8 Å². The van der Waals surface area contributed by atoms with Gasteiger partial charge in [0.15, 0.2) is 0 Å². The Labute approximate surface area is 202 Å². The minimum absolute atomic E-state index is 0.0970. The predicted molar refractivity (Wildman–Crippen MR) is 124 cm³/mol. The maximum Gasteiger partial charge on any atom is 0.416 e. The summed E-state index contributed by atoms with van der Waals surface area (Å²) >= 11 is 0. The van der Waals surface area contributed by atoms with Crippen LogP contribution < -0.4 is 0 Å². The summed E-state index contributed by atoms with van der Waals surface area (Å²) in [5, 5.41) is 0. The molecule has 0 N–H and O–H groups in total. The fourth-order valence-corrected chi connectivity index (χ4v) is 4.76. The normalized spacial score (nSPS) is 18.8. The monoisotopic (exact) mass is 488 g/mol. The van der Waals surface area contributed by atoms with Crippen molar-refractivity contribution in [2.75, 3.05) is 19.6 Å². The van der Waals surface area contributed by atoms with E-state index >= 15 is 0 Å². The summed E-state index contributed by atoms with van der Waals surface area (Å²) in [5.74, 6) is -0.176. The van der Waals surface area contributed by atoms with Crippen LogP contribution in [0.1, 0.15) is 47.0 Å². The molecule has 35 heavy (non-hydrogen) atoms. The van der Waals surface area contributed by atoms with Gasteiger partial charge in [0, 0.05) is 37.2 Å². The van der Waals surface area contributed by atoms with E-state index in [1.54, 1.807) is 23.3 Å². The molecule has 1 amide bonds. The molecule has 3 aromatic rings. The Bertz CT molecular complexity index is 1130. The van der Waals surface area contributed by atoms with Gasteiger partial charge in [0.2, 0.25) is 0 Å². The smallest absolute Gasteiger partial charge is 0.416 e. The Hall–Kier alpha value is -3.13. The van der Waals surface area contributed by atoms with Crippen LogP contribution in [-0.4, -0.2) is 41.4 Å². The van der Waals surface area contributed by atoms with Crippen LogP contribution in [-0.2, 0) is 12.7 Å². The van der Waals surface area contributed by atoms with E-state index in [0.717, 1.165) is 11.8 Å². The lowest BCUT2D eigenvalue weighted by atomic mass is 9.87. The van der Waals surface area contributed by atoms with Crippen molar-refractivity contribution in [3.63, 3.8) is 0 Å². The molecule has 2 heterocycles. The van der Waals surface area contributed by atoms with Gasteiger partial charge >= 0.3 is 6.18 Å². The van der Waals surface area contributed by atoms with Crippen molar-refractivity contribution in [1.82, 2.24) is 9.80 Å². The van der Waals surface area contributed by atoms with Crippen LogP contribution in [0.4, 0.5) is 17.6 Å². The molecule has 0 saturated carbocycles. The number of furan rings is 1. The lowest BCUT2D eigenvalue weighted by Crippen LogP contribution is -2.42. The number of halogens is 4. The zero-order valence-corrected chi connectivity index (χ0v) is 19.6. The lowest BCUT2D eigenvalue weighted by molar-refractivity contribution is -0.137. The molecule has 1 saturated heterocycles. The van der Waals surface area contributed by atoms with Crippen molar-refractivity contribution in [3.05, 3.63) is 95.2 Å². The summed E-state index contributed by atoms with van der Waals surface area (Å²) in [7, 11) is 0. The summed E-state index contributed by atoms with van der Waals surface area (Å²) in [6.07, 6.45) is -2.84. The van der Waals surface area contributed by atoms with E-state index in [0.29, 0.717) is 37.3 Å². The first-order valence-corrected chi connectivity index (χ1v) is 11.6. The highest BCUT2D eigenvalue weighted by molar-refractivity contribution is 5.94. The molecule has 0 aliphatic carbocycles. The number of alkyl halides is 3. The van der Waals surface area contributed by atoms with Crippen LogP contribution >= 0.6 is 0 Å². The van der Waals surface area contributed by atoms with Gasteiger partial charge in [-0.2, -0.15) is 13.2 Å². The summed E-state index contributed by atoms with van der Waals surface area (Å²) in [5.41, 5.74) is 0.298. The topological polar surface area (TPSA) is 36.7 Å². The predicted octanol–water partition coefficient (Wildman–Crippen LogP) is 6.20. The first-order chi connectivity index (χ1) is 16.6. The fourth-order valence-electron chi connectivity index (χ4n) is 4.76.